The first-order chi connectivity index (χ1) is 13.4. The summed E-state index contributed by atoms with van der Waals surface area (Å²) in [4.78, 5) is 24.4. The van der Waals surface area contributed by atoms with E-state index in [0.717, 1.165) is 0 Å². The molecule has 0 aliphatic rings. The van der Waals surface area contributed by atoms with Crippen LogP contribution in [0.4, 0.5) is 10.1 Å². The highest BCUT2D eigenvalue weighted by molar-refractivity contribution is 5.97. The standard InChI is InChI=1S/C20H16FN3O4/c1-12-5-6-16(15(21)9-12)23-17(25)11-27-20(26)18-13(2)28-19(14(18)10-22)24-7-3-4-8-24/h3-9H,11H2,1-2H3,(H,23,25). The third kappa shape index (κ3) is 3.78. The molecule has 7 nitrogen and oxygen atoms in total. The Bertz CT molecular complexity index is 1080. The number of hydrogen-bond donors (Lipinski definition) is 1. The number of aromatic nitrogens is 1. The second-order valence-electron chi connectivity index (χ2n) is 6.02. The number of nitriles is 1. The normalized spacial score (nSPS) is 10.4. The van der Waals surface area contributed by atoms with Gasteiger partial charge in [0.15, 0.2) is 6.61 Å². The van der Waals surface area contributed by atoms with Crippen LogP contribution in [0.1, 0.15) is 27.2 Å². The molecule has 2 heterocycles. The minimum Gasteiger partial charge on any atom is -0.452 e. The van der Waals surface area contributed by atoms with Crippen molar-refractivity contribution in [2.75, 3.05) is 11.9 Å². The van der Waals surface area contributed by atoms with Crippen LogP contribution in [0.5, 0.6) is 0 Å². The van der Waals surface area contributed by atoms with Crippen LogP contribution in [-0.4, -0.2) is 23.1 Å². The first kappa shape index (κ1) is 18.9. The SMILES string of the molecule is Cc1ccc(NC(=O)COC(=O)c2c(C)oc(-n3cccc3)c2C#N)c(F)c1. The van der Waals surface area contributed by atoms with Gasteiger partial charge in [-0.15, -0.1) is 0 Å². The van der Waals surface area contributed by atoms with E-state index in [-0.39, 0.29) is 28.5 Å². The van der Waals surface area contributed by atoms with Gasteiger partial charge in [0, 0.05) is 12.4 Å². The molecule has 0 fully saturated rings. The van der Waals surface area contributed by atoms with Crippen LogP contribution in [0.15, 0.2) is 47.1 Å². The van der Waals surface area contributed by atoms with Crippen molar-refractivity contribution in [3.63, 3.8) is 0 Å². The molecule has 0 radical (unpaired) electrons. The number of esters is 1. The second-order valence-corrected chi connectivity index (χ2v) is 6.02. The van der Waals surface area contributed by atoms with Crippen LogP contribution in [0.2, 0.25) is 0 Å². The molecular formula is C20H16FN3O4. The topological polar surface area (TPSA) is 97.3 Å². The zero-order chi connectivity index (χ0) is 20.3. The Morgan fingerprint density at radius 1 is 1.29 bits per heavy atom. The Hall–Kier alpha value is -3.86. The lowest BCUT2D eigenvalue weighted by molar-refractivity contribution is -0.119. The molecule has 8 heteroatoms. The Morgan fingerprint density at radius 2 is 2.00 bits per heavy atom. The summed E-state index contributed by atoms with van der Waals surface area (Å²) in [6.07, 6.45) is 3.33. The third-order valence-corrected chi connectivity index (χ3v) is 3.95. The van der Waals surface area contributed by atoms with Gasteiger partial charge in [-0.05, 0) is 43.7 Å². The summed E-state index contributed by atoms with van der Waals surface area (Å²) >= 11 is 0. The Labute approximate surface area is 159 Å². The molecule has 3 aromatic rings. The summed E-state index contributed by atoms with van der Waals surface area (Å²) in [6.45, 7) is 2.60. The zero-order valence-corrected chi connectivity index (χ0v) is 15.2. The lowest BCUT2D eigenvalue weighted by Crippen LogP contribution is -2.22. The molecule has 0 saturated carbocycles. The van der Waals surface area contributed by atoms with Crippen molar-refractivity contribution in [2.24, 2.45) is 0 Å². The fourth-order valence-electron chi connectivity index (χ4n) is 2.64. The van der Waals surface area contributed by atoms with Gasteiger partial charge < -0.3 is 14.5 Å². The summed E-state index contributed by atoms with van der Waals surface area (Å²) in [5.41, 5.74) is 0.642. The van der Waals surface area contributed by atoms with Gasteiger partial charge in [0.1, 0.15) is 28.8 Å². The maximum atomic E-state index is 13.8. The van der Waals surface area contributed by atoms with Gasteiger partial charge >= 0.3 is 5.97 Å². The smallest absolute Gasteiger partial charge is 0.343 e. The fraction of sp³-hybridized carbons (Fsp3) is 0.150. The minimum absolute atomic E-state index is 0.00341. The van der Waals surface area contributed by atoms with Gasteiger partial charge in [-0.3, -0.25) is 9.36 Å². The largest absolute Gasteiger partial charge is 0.452 e. The van der Waals surface area contributed by atoms with E-state index in [0.29, 0.717) is 5.56 Å². The van der Waals surface area contributed by atoms with Crippen LogP contribution in [0.25, 0.3) is 5.88 Å². The number of amides is 1. The summed E-state index contributed by atoms with van der Waals surface area (Å²) in [7, 11) is 0. The molecule has 0 bridgehead atoms. The number of rotatable bonds is 5. The number of carbonyl (C=O) groups excluding carboxylic acids is 2. The molecule has 0 aliphatic carbocycles. The van der Waals surface area contributed by atoms with Gasteiger partial charge in [0.05, 0.1) is 5.69 Å². The van der Waals surface area contributed by atoms with Gasteiger partial charge in [-0.1, -0.05) is 6.07 Å². The predicted molar refractivity (Wildman–Crippen MR) is 97.5 cm³/mol. The maximum absolute atomic E-state index is 13.8. The number of carbonyl (C=O) groups is 2. The number of nitrogens with zero attached hydrogens (tertiary/aromatic N) is 2. The number of ether oxygens (including phenoxy) is 1. The molecule has 0 spiro atoms. The lowest BCUT2D eigenvalue weighted by atomic mass is 10.1. The predicted octanol–water partition coefficient (Wildman–Crippen LogP) is 3.49. The molecule has 0 unspecified atom stereocenters. The molecule has 0 aliphatic heterocycles. The average Bonchev–Trinajstić information content (AvgIpc) is 3.29. The zero-order valence-electron chi connectivity index (χ0n) is 15.2. The Kier molecular flexibility index (Phi) is 5.27. The van der Waals surface area contributed by atoms with Gasteiger partial charge in [-0.2, -0.15) is 5.26 Å². The highest BCUT2D eigenvalue weighted by atomic mass is 19.1. The van der Waals surface area contributed by atoms with Crippen LogP contribution in [0, 0.1) is 31.0 Å². The van der Waals surface area contributed by atoms with Crippen molar-refractivity contribution in [1.29, 1.82) is 5.26 Å². The summed E-state index contributed by atoms with van der Waals surface area (Å²) < 4.78 is 25.8. The molecule has 1 amide bonds. The number of anilines is 1. The van der Waals surface area contributed by atoms with E-state index >= 15 is 0 Å². The molecule has 0 atom stereocenters. The van der Waals surface area contributed by atoms with Crippen LogP contribution < -0.4 is 5.32 Å². The first-order valence-electron chi connectivity index (χ1n) is 8.30. The van der Waals surface area contributed by atoms with E-state index in [1.165, 1.54) is 19.1 Å². The molecular weight excluding hydrogens is 365 g/mol. The molecule has 142 valence electrons. The molecule has 2 aromatic heterocycles. The Morgan fingerprint density at radius 3 is 2.64 bits per heavy atom. The van der Waals surface area contributed by atoms with Crippen molar-refractivity contribution >= 4 is 17.6 Å². The lowest BCUT2D eigenvalue weighted by Gasteiger charge is -2.08. The van der Waals surface area contributed by atoms with E-state index in [1.807, 2.05) is 6.07 Å². The number of halogens is 1. The summed E-state index contributed by atoms with van der Waals surface area (Å²) in [6, 6.07) is 9.75. The van der Waals surface area contributed by atoms with E-state index in [2.05, 4.69) is 5.32 Å². The molecule has 1 N–H and O–H groups in total. The number of benzene rings is 1. The van der Waals surface area contributed by atoms with Gasteiger partial charge in [-0.25, -0.2) is 9.18 Å². The molecule has 1 aromatic carbocycles. The number of nitrogens with one attached hydrogen (secondary N) is 1. The molecule has 3 rings (SSSR count). The summed E-state index contributed by atoms with van der Waals surface area (Å²) in [5, 5.41) is 11.8. The van der Waals surface area contributed by atoms with E-state index in [1.54, 1.807) is 42.1 Å². The first-order valence-corrected chi connectivity index (χ1v) is 8.30. The van der Waals surface area contributed by atoms with Crippen LogP contribution in [-0.2, 0) is 9.53 Å². The fourth-order valence-corrected chi connectivity index (χ4v) is 2.64. The average molecular weight is 381 g/mol. The van der Waals surface area contributed by atoms with Gasteiger partial charge in [0.25, 0.3) is 5.91 Å². The number of aryl methyl sites for hydroxylation is 2. The highest BCUT2D eigenvalue weighted by Crippen LogP contribution is 2.26. The minimum atomic E-state index is -0.879. The molecule has 0 saturated heterocycles. The number of hydrogen-bond acceptors (Lipinski definition) is 5. The monoisotopic (exact) mass is 381 g/mol. The van der Waals surface area contributed by atoms with Gasteiger partial charge in [0.2, 0.25) is 5.88 Å². The maximum Gasteiger partial charge on any atom is 0.343 e. The highest BCUT2D eigenvalue weighted by Gasteiger charge is 2.26. The third-order valence-electron chi connectivity index (χ3n) is 3.95. The number of furan rings is 1. The Balaban J connectivity index is 1.71. The second kappa shape index (κ2) is 7.80. The van der Waals surface area contributed by atoms with E-state index in [4.69, 9.17) is 9.15 Å². The summed E-state index contributed by atoms with van der Waals surface area (Å²) in [5.74, 6) is -1.80. The van der Waals surface area contributed by atoms with Crippen molar-refractivity contribution in [1.82, 2.24) is 4.57 Å². The van der Waals surface area contributed by atoms with Crippen molar-refractivity contribution in [2.45, 2.75) is 13.8 Å². The van der Waals surface area contributed by atoms with Crippen molar-refractivity contribution in [3.05, 3.63) is 71.0 Å². The van der Waals surface area contributed by atoms with E-state index < -0.39 is 24.3 Å². The van der Waals surface area contributed by atoms with Crippen LogP contribution in [0.3, 0.4) is 0 Å². The molecule has 28 heavy (non-hydrogen) atoms. The quantitative estimate of drug-likeness (QED) is 0.682. The van der Waals surface area contributed by atoms with E-state index in [9.17, 15) is 19.2 Å². The van der Waals surface area contributed by atoms with Crippen LogP contribution >= 0.6 is 0 Å². The van der Waals surface area contributed by atoms with Crippen molar-refractivity contribution < 1.29 is 23.1 Å². The van der Waals surface area contributed by atoms with Crippen molar-refractivity contribution in [3.8, 4) is 12.0 Å².